The summed E-state index contributed by atoms with van der Waals surface area (Å²) in [5.41, 5.74) is 10.1. The lowest BCUT2D eigenvalue weighted by atomic mass is 10.2. The Labute approximate surface area is 165 Å². The van der Waals surface area contributed by atoms with E-state index in [9.17, 15) is 4.79 Å². The van der Waals surface area contributed by atoms with Crippen molar-refractivity contribution >= 4 is 38.8 Å². The number of thiazole rings is 1. The van der Waals surface area contributed by atoms with Gasteiger partial charge in [0.15, 0.2) is 16.6 Å². The van der Waals surface area contributed by atoms with Crippen LogP contribution < -0.4 is 25.4 Å². The average molecular weight is 400 g/mol. The zero-order valence-corrected chi connectivity index (χ0v) is 16.5. The minimum atomic E-state index is -0.338. The van der Waals surface area contributed by atoms with Gasteiger partial charge in [-0.05, 0) is 37.3 Å². The maximum absolute atomic E-state index is 12.3. The number of carbonyl (C=O) groups is 1. The van der Waals surface area contributed by atoms with Crippen LogP contribution in [0.3, 0.4) is 0 Å². The van der Waals surface area contributed by atoms with Gasteiger partial charge in [0.1, 0.15) is 0 Å². The number of nitrogen functional groups attached to an aromatic ring is 1. The Morgan fingerprint density at radius 3 is 2.61 bits per heavy atom. The third-order valence-corrected chi connectivity index (χ3v) is 4.67. The molecule has 1 amide bonds. The highest BCUT2D eigenvalue weighted by Gasteiger charge is 2.13. The standard InChI is InChI=1S/C19H20N4O4S/c1-4-27-17-14(25-2)7-11(8-15(17)26-3)10-21-23-18(24)12-5-6-13-16(9-12)28-19(20)22-13/h5-10H,4H2,1-3H3,(H2,20,22)(H,23,24)/b21-10-. The van der Waals surface area contributed by atoms with E-state index in [4.69, 9.17) is 19.9 Å². The van der Waals surface area contributed by atoms with E-state index in [1.165, 1.54) is 17.6 Å². The number of nitrogens with two attached hydrogens (primary N) is 1. The number of anilines is 1. The minimum Gasteiger partial charge on any atom is -0.493 e. The Balaban J connectivity index is 1.76. The molecule has 28 heavy (non-hydrogen) atoms. The predicted molar refractivity (Wildman–Crippen MR) is 110 cm³/mol. The summed E-state index contributed by atoms with van der Waals surface area (Å²) in [6.07, 6.45) is 1.50. The second-order valence-electron chi connectivity index (χ2n) is 5.62. The van der Waals surface area contributed by atoms with E-state index in [2.05, 4.69) is 15.5 Å². The van der Waals surface area contributed by atoms with E-state index in [-0.39, 0.29) is 5.91 Å². The summed E-state index contributed by atoms with van der Waals surface area (Å²) < 4.78 is 17.1. The van der Waals surface area contributed by atoms with Gasteiger partial charge in [0, 0.05) is 11.1 Å². The smallest absolute Gasteiger partial charge is 0.271 e. The highest BCUT2D eigenvalue weighted by molar-refractivity contribution is 7.22. The van der Waals surface area contributed by atoms with E-state index in [1.54, 1.807) is 44.6 Å². The summed E-state index contributed by atoms with van der Waals surface area (Å²) in [5.74, 6) is 1.21. The molecule has 9 heteroatoms. The molecule has 146 valence electrons. The van der Waals surface area contributed by atoms with Crippen LogP contribution in [0.4, 0.5) is 5.13 Å². The molecule has 3 N–H and O–H groups in total. The molecule has 0 saturated heterocycles. The Hall–Kier alpha value is -3.33. The summed E-state index contributed by atoms with van der Waals surface area (Å²) in [4.78, 5) is 16.5. The number of amides is 1. The van der Waals surface area contributed by atoms with Gasteiger partial charge in [-0.3, -0.25) is 4.79 Å². The van der Waals surface area contributed by atoms with Crippen molar-refractivity contribution in [3.8, 4) is 17.2 Å². The van der Waals surface area contributed by atoms with Crippen LogP contribution in [0, 0.1) is 0 Å². The lowest BCUT2D eigenvalue weighted by Crippen LogP contribution is -2.17. The Kier molecular flexibility index (Phi) is 5.95. The number of hydrogen-bond donors (Lipinski definition) is 2. The lowest BCUT2D eigenvalue weighted by molar-refractivity contribution is 0.0955. The van der Waals surface area contributed by atoms with Crippen LogP contribution in [0.15, 0.2) is 35.4 Å². The zero-order valence-electron chi connectivity index (χ0n) is 15.7. The maximum atomic E-state index is 12.3. The average Bonchev–Trinajstić information content (AvgIpc) is 3.07. The molecule has 1 aromatic heterocycles. The fourth-order valence-electron chi connectivity index (χ4n) is 2.57. The second kappa shape index (κ2) is 8.57. The van der Waals surface area contributed by atoms with E-state index in [1.807, 2.05) is 6.92 Å². The van der Waals surface area contributed by atoms with Crippen LogP contribution in [0.5, 0.6) is 17.2 Å². The van der Waals surface area contributed by atoms with Crippen molar-refractivity contribution in [2.24, 2.45) is 5.10 Å². The fourth-order valence-corrected chi connectivity index (χ4v) is 3.35. The number of benzene rings is 2. The number of carbonyl (C=O) groups excluding carboxylic acids is 1. The van der Waals surface area contributed by atoms with Crippen LogP contribution in [0.1, 0.15) is 22.8 Å². The summed E-state index contributed by atoms with van der Waals surface area (Å²) in [6, 6.07) is 8.65. The lowest BCUT2D eigenvalue weighted by Gasteiger charge is -2.14. The largest absolute Gasteiger partial charge is 0.493 e. The highest BCUT2D eigenvalue weighted by atomic mass is 32.1. The Bertz CT molecular complexity index is 1010. The van der Waals surface area contributed by atoms with Crippen LogP contribution in [-0.2, 0) is 0 Å². The van der Waals surface area contributed by atoms with E-state index in [0.717, 1.165) is 10.2 Å². The first-order valence-electron chi connectivity index (χ1n) is 8.44. The number of rotatable bonds is 7. The second-order valence-corrected chi connectivity index (χ2v) is 6.68. The van der Waals surface area contributed by atoms with Gasteiger partial charge in [-0.25, -0.2) is 10.4 Å². The van der Waals surface area contributed by atoms with Gasteiger partial charge >= 0.3 is 0 Å². The zero-order chi connectivity index (χ0) is 20.1. The van der Waals surface area contributed by atoms with Crippen molar-refractivity contribution in [2.75, 3.05) is 26.6 Å². The van der Waals surface area contributed by atoms with Crippen molar-refractivity contribution < 1.29 is 19.0 Å². The van der Waals surface area contributed by atoms with Gasteiger partial charge in [-0.15, -0.1) is 0 Å². The van der Waals surface area contributed by atoms with Crippen molar-refractivity contribution in [3.63, 3.8) is 0 Å². The predicted octanol–water partition coefficient (Wildman–Crippen LogP) is 3.06. The molecule has 0 radical (unpaired) electrons. The number of aromatic nitrogens is 1. The molecule has 0 spiro atoms. The quantitative estimate of drug-likeness (QED) is 0.466. The van der Waals surface area contributed by atoms with Gasteiger partial charge in [-0.2, -0.15) is 5.10 Å². The van der Waals surface area contributed by atoms with Crippen molar-refractivity contribution in [3.05, 3.63) is 41.5 Å². The molecular weight excluding hydrogens is 380 g/mol. The minimum absolute atomic E-state index is 0.338. The van der Waals surface area contributed by atoms with Crippen molar-refractivity contribution in [2.45, 2.75) is 6.92 Å². The first kappa shape index (κ1) is 19.4. The summed E-state index contributed by atoms with van der Waals surface area (Å²) >= 11 is 1.33. The number of nitrogens with one attached hydrogen (secondary N) is 1. The topological polar surface area (TPSA) is 108 Å². The normalized spacial score (nSPS) is 11.0. The van der Waals surface area contributed by atoms with E-state index < -0.39 is 0 Å². The van der Waals surface area contributed by atoms with Crippen LogP contribution in [-0.4, -0.2) is 37.9 Å². The fraction of sp³-hybridized carbons (Fsp3) is 0.211. The van der Waals surface area contributed by atoms with Crippen molar-refractivity contribution in [1.82, 2.24) is 10.4 Å². The molecule has 0 aliphatic carbocycles. The molecule has 3 rings (SSSR count). The van der Waals surface area contributed by atoms with Gasteiger partial charge in [0.05, 0.1) is 37.3 Å². The number of fused-ring (bicyclic) bond motifs is 1. The molecule has 0 unspecified atom stereocenters. The SMILES string of the molecule is CCOc1c(OC)cc(/C=N\NC(=O)c2ccc3nc(N)sc3c2)cc1OC. The Morgan fingerprint density at radius 1 is 1.25 bits per heavy atom. The van der Waals surface area contributed by atoms with Gasteiger partial charge < -0.3 is 19.9 Å². The molecule has 8 nitrogen and oxygen atoms in total. The number of ether oxygens (including phenoxy) is 3. The number of hydrazone groups is 1. The number of methoxy groups -OCH3 is 2. The molecule has 3 aromatic rings. The molecule has 2 aromatic carbocycles. The third-order valence-electron chi connectivity index (χ3n) is 3.82. The first-order valence-corrected chi connectivity index (χ1v) is 9.25. The highest BCUT2D eigenvalue weighted by Crippen LogP contribution is 2.38. The van der Waals surface area contributed by atoms with E-state index in [0.29, 0.717) is 40.1 Å². The first-order chi connectivity index (χ1) is 13.5. The molecule has 0 atom stereocenters. The molecule has 0 aliphatic rings. The molecule has 0 bridgehead atoms. The van der Waals surface area contributed by atoms with Crippen LogP contribution in [0.25, 0.3) is 10.2 Å². The number of nitrogens with zero attached hydrogens (tertiary/aromatic N) is 2. The number of hydrogen-bond acceptors (Lipinski definition) is 8. The van der Waals surface area contributed by atoms with Gasteiger partial charge in [0.25, 0.3) is 5.91 Å². The maximum Gasteiger partial charge on any atom is 0.271 e. The van der Waals surface area contributed by atoms with Gasteiger partial charge in [0.2, 0.25) is 5.75 Å². The molecule has 0 fully saturated rings. The Morgan fingerprint density at radius 2 is 1.96 bits per heavy atom. The summed E-state index contributed by atoms with van der Waals surface area (Å²) in [7, 11) is 3.09. The van der Waals surface area contributed by atoms with Crippen LogP contribution in [0.2, 0.25) is 0 Å². The van der Waals surface area contributed by atoms with Crippen molar-refractivity contribution in [1.29, 1.82) is 0 Å². The molecular formula is C19H20N4O4S. The van der Waals surface area contributed by atoms with Crippen LogP contribution >= 0.6 is 11.3 Å². The third kappa shape index (κ3) is 4.15. The monoisotopic (exact) mass is 400 g/mol. The molecule has 0 saturated carbocycles. The van der Waals surface area contributed by atoms with Gasteiger partial charge in [-0.1, -0.05) is 11.3 Å². The molecule has 1 heterocycles. The summed E-state index contributed by atoms with van der Waals surface area (Å²) in [6.45, 7) is 2.35. The summed E-state index contributed by atoms with van der Waals surface area (Å²) in [5, 5.41) is 4.48. The van der Waals surface area contributed by atoms with E-state index >= 15 is 0 Å². The molecule has 0 aliphatic heterocycles.